The van der Waals surface area contributed by atoms with Crippen LogP contribution in [0.4, 0.5) is 0 Å². The molecule has 126 valence electrons. The van der Waals surface area contributed by atoms with Crippen molar-refractivity contribution in [1.29, 1.82) is 0 Å². The van der Waals surface area contributed by atoms with Crippen molar-refractivity contribution in [2.45, 2.75) is 70.3 Å². The lowest BCUT2D eigenvalue weighted by Crippen LogP contribution is -2.42. The molecule has 22 heavy (non-hydrogen) atoms. The fourth-order valence-corrected chi connectivity index (χ4v) is 3.64. The molecule has 1 heterocycles. The molecule has 0 spiro atoms. The molecule has 2 fully saturated rings. The number of amides is 1. The molecule has 2 rings (SSSR count). The Hall–Kier alpha value is -1.10. The number of hydrogen-bond acceptors (Lipinski definition) is 3. The van der Waals surface area contributed by atoms with Gasteiger partial charge in [0.1, 0.15) is 0 Å². The van der Waals surface area contributed by atoms with Crippen LogP contribution in [0.15, 0.2) is 0 Å². The molecular weight excluding hydrogens is 282 g/mol. The minimum atomic E-state index is -0.788. The first-order chi connectivity index (χ1) is 10.6. The van der Waals surface area contributed by atoms with Gasteiger partial charge in [0, 0.05) is 19.1 Å². The Bertz CT molecular complexity index is 360. The molecule has 0 aromatic heterocycles. The van der Waals surface area contributed by atoms with Crippen LogP contribution in [0.2, 0.25) is 0 Å². The van der Waals surface area contributed by atoms with E-state index in [1.807, 2.05) is 0 Å². The quantitative estimate of drug-likeness (QED) is 0.758. The number of carboxylic acid groups (broad SMARTS) is 1. The van der Waals surface area contributed by atoms with Crippen molar-refractivity contribution in [2.75, 3.05) is 13.2 Å². The van der Waals surface area contributed by atoms with E-state index in [1.165, 1.54) is 32.1 Å². The summed E-state index contributed by atoms with van der Waals surface area (Å²) < 4.78 is 5.38. The van der Waals surface area contributed by atoms with E-state index >= 15 is 0 Å². The normalized spacial score (nSPS) is 24.6. The smallest absolute Gasteiger partial charge is 0.303 e. The molecule has 0 radical (unpaired) electrons. The highest BCUT2D eigenvalue weighted by molar-refractivity contribution is 5.79. The highest BCUT2D eigenvalue weighted by Crippen LogP contribution is 2.28. The summed E-state index contributed by atoms with van der Waals surface area (Å²) in [6.07, 6.45) is 9.65. The molecule has 1 aliphatic carbocycles. The number of ether oxygens (including phenoxy) is 1. The Morgan fingerprint density at radius 2 is 1.91 bits per heavy atom. The lowest BCUT2D eigenvalue weighted by atomic mass is 9.84. The zero-order valence-corrected chi connectivity index (χ0v) is 13.4. The SMILES string of the molecule is O=C(O)CCC(CC1CCCCC1)NC(=O)C1CCCOC1. The van der Waals surface area contributed by atoms with Crippen molar-refractivity contribution >= 4 is 11.9 Å². The fourth-order valence-electron chi connectivity index (χ4n) is 3.64. The van der Waals surface area contributed by atoms with Gasteiger partial charge in [0.25, 0.3) is 0 Å². The van der Waals surface area contributed by atoms with Crippen LogP contribution in [-0.4, -0.2) is 36.2 Å². The lowest BCUT2D eigenvalue weighted by molar-refractivity contribution is -0.138. The van der Waals surface area contributed by atoms with Crippen LogP contribution in [0.5, 0.6) is 0 Å². The van der Waals surface area contributed by atoms with Crippen molar-refractivity contribution in [3.05, 3.63) is 0 Å². The van der Waals surface area contributed by atoms with Gasteiger partial charge in [-0.05, 0) is 31.6 Å². The summed E-state index contributed by atoms with van der Waals surface area (Å²) in [6.45, 7) is 1.25. The predicted molar refractivity (Wildman–Crippen MR) is 83.5 cm³/mol. The Labute approximate surface area is 132 Å². The molecule has 1 saturated heterocycles. The van der Waals surface area contributed by atoms with E-state index < -0.39 is 5.97 Å². The van der Waals surface area contributed by atoms with Gasteiger partial charge in [0.05, 0.1) is 12.5 Å². The molecule has 2 aliphatic rings. The average molecular weight is 311 g/mol. The predicted octanol–water partition coefficient (Wildman–Crippen LogP) is 2.73. The van der Waals surface area contributed by atoms with Crippen LogP contribution in [0.25, 0.3) is 0 Å². The summed E-state index contributed by atoms with van der Waals surface area (Å²) in [5, 5.41) is 12.0. The number of carbonyl (C=O) groups excluding carboxylic acids is 1. The number of aliphatic carboxylic acids is 1. The minimum absolute atomic E-state index is 0.00590. The van der Waals surface area contributed by atoms with Gasteiger partial charge >= 0.3 is 5.97 Å². The number of carboxylic acids is 1. The topological polar surface area (TPSA) is 75.6 Å². The molecule has 2 atom stereocenters. The monoisotopic (exact) mass is 311 g/mol. The van der Waals surface area contributed by atoms with Gasteiger partial charge < -0.3 is 15.2 Å². The van der Waals surface area contributed by atoms with Crippen LogP contribution in [-0.2, 0) is 14.3 Å². The first-order valence-electron chi connectivity index (χ1n) is 8.75. The van der Waals surface area contributed by atoms with E-state index in [4.69, 9.17) is 9.84 Å². The summed E-state index contributed by atoms with van der Waals surface area (Å²) in [6, 6.07) is -0.00590. The van der Waals surface area contributed by atoms with Gasteiger partial charge in [-0.25, -0.2) is 0 Å². The van der Waals surface area contributed by atoms with Crippen LogP contribution in [0.1, 0.15) is 64.2 Å². The standard InChI is InChI=1S/C17H29NO4/c19-16(20)9-8-15(11-13-5-2-1-3-6-13)18-17(21)14-7-4-10-22-12-14/h13-15H,1-12H2,(H,18,21)(H,19,20). The van der Waals surface area contributed by atoms with Gasteiger partial charge in [-0.1, -0.05) is 32.1 Å². The molecule has 0 aromatic rings. The summed E-state index contributed by atoms with van der Waals surface area (Å²) in [5.41, 5.74) is 0. The maximum absolute atomic E-state index is 12.4. The highest BCUT2D eigenvalue weighted by Gasteiger charge is 2.26. The van der Waals surface area contributed by atoms with Crippen molar-refractivity contribution in [1.82, 2.24) is 5.32 Å². The first-order valence-corrected chi connectivity index (χ1v) is 8.75. The number of nitrogens with one attached hydrogen (secondary N) is 1. The van der Waals surface area contributed by atoms with Crippen molar-refractivity contribution in [3.8, 4) is 0 Å². The maximum atomic E-state index is 12.4. The third-order valence-corrected chi connectivity index (χ3v) is 4.93. The molecule has 5 nitrogen and oxygen atoms in total. The molecule has 1 aliphatic heterocycles. The molecule has 2 unspecified atom stereocenters. The summed E-state index contributed by atoms with van der Waals surface area (Å²) in [5.74, 6) is -0.169. The Balaban J connectivity index is 1.84. The molecule has 2 N–H and O–H groups in total. The van der Waals surface area contributed by atoms with Crippen molar-refractivity contribution in [2.24, 2.45) is 11.8 Å². The van der Waals surface area contributed by atoms with E-state index in [1.54, 1.807) is 0 Å². The minimum Gasteiger partial charge on any atom is -0.481 e. The zero-order valence-electron chi connectivity index (χ0n) is 13.4. The lowest BCUT2D eigenvalue weighted by Gasteiger charge is -2.29. The van der Waals surface area contributed by atoms with E-state index in [-0.39, 0.29) is 24.3 Å². The molecule has 0 aromatic carbocycles. The van der Waals surface area contributed by atoms with E-state index in [9.17, 15) is 9.59 Å². The Morgan fingerprint density at radius 3 is 2.55 bits per heavy atom. The molecule has 1 amide bonds. The first kappa shape index (κ1) is 17.3. The zero-order chi connectivity index (χ0) is 15.8. The molecule has 5 heteroatoms. The molecule has 1 saturated carbocycles. The number of carbonyl (C=O) groups is 2. The highest BCUT2D eigenvalue weighted by atomic mass is 16.5. The largest absolute Gasteiger partial charge is 0.481 e. The molecular formula is C17H29NO4. The second kappa shape index (κ2) is 9.13. The third kappa shape index (κ3) is 5.95. The van der Waals surface area contributed by atoms with Crippen LogP contribution >= 0.6 is 0 Å². The van der Waals surface area contributed by atoms with Gasteiger partial charge in [-0.2, -0.15) is 0 Å². The second-order valence-corrected chi connectivity index (χ2v) is 6.79. The van der Waals surface area contributed by atoms with Crippen molar-refractivity contribution in [3.63, 3.8) is 0 Å². The van der Waals surface area contributed by atoms with E-state index in [0.717, 1.165) is 25.9 Å². The van der Waals surface area contributed by atoms with E-state index in [0.29, 0.717) is 18.9 Å². The van der Waals surface area contributed by atoms with Gasteiger partial charge in [0.15, 0.2) is 0 Å². The van der Waals surface area contributed by atoms with Crippen LogP contribution in [0.3, 0.4) is 0 Å². The molecule has 0 bridgehead atoms. The van der Waals surface area contributed by atoms with Gasteiger partial charge in [-0.15, -0.1) is 0 Å². The van der Waals surface area contributed by atoms with Crippen molar-refractivity contribution < 1.29 is 19.4 Å². The summed E-state index contributed by atoms with van der Waals surface area (Å²) in [4.78, 5) is 23.2. The van der Waals surface area contributed by atoms with Gasteiger partial charge in [0.2, 0.25) is 5.91 Å². The average Bonchev–Trinajstić information content (AvgIpc) is 2.54. The van der Waals surface area contributed by atoms with Crippen LogP contribution in [0, 0.1) is 11.8 Å². The maximum Gasteiger partial charge on any atom is 0.303 e. The van der Waals surface area contributed by atoms with E-state index in [2.05, 4.69) is 5.32 Å². The summed E-state index contributed by atoms with van der Waals surface area (Å²) in [7, 11) is 0. The number of rotatable bonds is 7. The Morgan fingerprint density at radius 1 is 1.14 bits per heavy atom. The fraction of sp³-hybridized carbons (Fsp3) is 0.882. The summed E-state index contributed by atoms with van der Waals surface area (Å²) >= 11 is 0. The van der Waals surface area contributed by atoms with Gasteiger partial charge in [-0.3, -0.25) is 9.59 Å². The Kier molecular flexibility index (Phi) is 7.16. The van der Waals surface area contributed by atoms with Crippen LogP contribution < -0.4 is 5.32 Å². The third-order valence-electron chi connectivity index (χ3n) is 4.93. The number of hydrogen-bond donors (Lipinski definition) is 2. The second-order valence-electron chi connectivity index (χ2n) is 6.79.